The number of hydrogen-bond acceptors (Lipinski definition) is 5. The van der Waals surface area contributed by atoms with Crippen LogP contribution in [0, 0.1) is 11.3 Å². The van der Waals surface area contributed by atoms with E-state index in [-0.39, 0.29) is 18.3 Å². The van der Waals surface area contributed by atoms with Gasteiger partial charge in [-0.1, -0.05) is 0 Å². The third-order valence-electron chi connectivity index (χ3n) is 2.67. The number of rotatable bonds is 5. The molecule has 0 spiro atoms. The summed E-state index contributed by atoms with van der Waals surface area (Å²) in [5, 5.41) is 13.7. The number of nitrogens with zero attached hydrogens (tertiary/aromatic N) is 1. The summed E-state index contributed by atoms with van der Waals surface area (Å²) in [6.45, 7) is 1.32. The summed E-state index contributed by atoms with van der Waals surface area (Å²) in [6.07, 6.45) is 0. The molecular weight excluding hydrogens is 288 g/mol. The van der Waals surface area contributed by atoms with Crippen LogP contribution in [0.3, 0.4) is 0 Å². The molecule has 0 bridgehead atoms. The van der Waals surface area contributed by atoms with Crippen molar-refractivity contribution in [1.29, 1.82) is 5.26 Å². The van der Waals surface area contributed by atoms with Crippen molar-refractivity contribution >= 4 is 28.0 Å². The number of carbonyl (C=O) groups excluding carboxylic acids is 2. The van der Waals surface area contributed by atoms with Crippen molar-refractivity contribution in [2.24, 2.45) is 0 Å². The van der Waals surface area contributed by atoms with E-state index >= 15 is 0 Å². The van der Waals surface area contributed by atoms with Gasteiger partial charge in [0.1, 0.15) is 16.8 Å². The third kappa shape index (κ3) is 3.91. The summed E-state index contributed by atoms with van der Waals surface area (Å²) < 4.78 is 5.32. The standard InChI is InChI=1S/C15H12N2O3S/c1-10(18)11-2-4-13(5-3-11)20-9-14(19)17-15-12(8-16)6-7-21-15/h2-7H,9H2,1H3,(H,17,19). The number of nitrogens with one attached hydrogen (secondary N) is 1. The van der Waals surface area contributed by atoms with Crippen LogP contribution < -0.4 is 10.1 Å². The summed E-state index contributed by atoms with van der Waals surface area (Å²) in [6, 6.07) is 10.2. The second-order valence-electron chi connectivity index (χ2n) is 4.19. The topological polar surface area (TPSA) is 79.2 Å². The largest absolute Gasteiger partial charge is 0.484 e. The maximum Gasteiger partial charge on any atom is 0.262 e. The molecule has 1 heterocycles. The molecular formula is C15H12N2O3S. The first-order valence-electron chi connectivity index (χ1n) is 6.11. The van der Waals surface area contributed by atoms with E-state index in [0.717, 1.165) is 0 Å². The highest BCUT2D eigenvalue weighted by atomic mass is 32.1. The zero-order chi connectivity index (χ0) is 15.2. The Bertz CT molecular complexity index is 698. The Kier molecular flexibility index (Phi) is 4.69. The van der Waals surface area contributed by atoms with Gasteiger partial charge in [-0.15, -0.1) is 11.3 Å². The molecule has 0 atom stereocenters. The average Bonchev–Trinajstić information content (AvgIpc) is 2.92. The molecule has 1 aromatic carbocycles. The fourth-order valence-electron chi connectivity index (χ4n) is 1.59. The minimum absolute atomic E-state index is 0.0268. The zero-order valence-electron chi connectivity index (χ0n) is 11.3. The number of thiophene rings is 1. The Morgan fingerprint density at radius 3 is 2.62 bits per heavy atom. The molecule has 0 fully saturated rings. The molecule has 0 aliphatic rings. The minimum Gasteiger partial charge on any atom is -0.484 e. The van der Waals surface area contributed by atoms with Gasteiger partial charge in [-0.3, -0.25) is 9.59 Å². The van der Waals surface area contributed by atoms with Crippen molar-refractivity contribution in [3.05, 3.63) is 46.8 Å². The predicted octanol–water partition coefficient (Wildman–Crippen LogP) is 2.84. The number of anilines is 1. The number of ether oxygens (including phenoxy) is 1. The molecule has 5 nitrogen and oxygen atoms in total. The first-order valence-corrected chi connectivity index (χ1v) is 6.99. The van der Waals surface area contributed by atoms with E-state index in [1.807, 2.05) is 6.07 Å². The molecule has 6 heteroatoms. The lowest BCUT2D eigenvalue weighted by Gasteiger charge is -2.07. The summed E-state index contributed by atoms with van der Waals surface area (Å²) >= 11 is 1.28. The second-order valence-corrected chi connectivity index (χ2v) is 5.11. The van der Waals surface area contributed by atoms with Gasteiger partial charge in [0.05, 0.1) is 5.56 Å². The van der Waals surface area contributed by atoms with Crippen LogP contribution in [-0.4, -0.2) is 18.3 Å². The lowest BCUT2D eigenvalue weighted by molar-refractivity contribution is -0.118. The Labute approximate surface area is 125 Å². The average molecular weight is 300 g/mol. The van der Waals surface area contributed by atoms with Crippen molar-refractivity contribution in [2.45, 2.75) is 6.92 Å². The van der Waals surface area contributed by atoms with Gasteiger partial charge in [-0.05, 0) is 42.6 Å². The van der Waals surface area contributed by atoms with Crippen LogP contribution in [0.5, 0.6) is 5.75 Å². The molecule has 0 radical (unpaired) electrons. The highest BCUT2D eigenvalue weighted by molar-refractivity contribution is 7.14. The summed E-state index contributed by atoms with van der Waals surface area (Å²) in [4.78, 5) is 22.9. The Morgan fingerprint density at radius 2 is 2.00 bits per heavy atom. The van der Waals surface area contributed by atoms with Gasteiger partial charge in [0, 0.05) is 5.56 Å². The predicted molar refractivity (Wildman–Crippen MR) is 79.6 cm³/mol. The number of carbonyl (C=O) groups is 2. The monoisotopic (exact) mass is 300 g/mol. The summed E-state index contributed by atoms with van der Waals surface area (Å²) in [5.41, 5.74) is 1.02. The molecule has 0 aliphatic heterocycles. The molecule has 2 aromatic rings. The Morgan fingerprint density at radius 1 is 1.29 bits per heavy atom. The van der Waals surface area contributed by atoms with E-state index in [1.54, 1.807) is 35.7 Å². The maximum atomic E-state index is 11.7. The first kappa shape index (κ1) is 14.8. The van der Waals surface area contributed by atoms with E-state index in [2.05, 4.69) is 5.32 Å². The molecule has 0 saturated carbocycles. The van der Waals surface area contributed by atoms with Gasteiger partial charge in [0.25, 0.3) is 5.91 Å². The molecule has 1 N–H and O–H groups in total. The third-order valence-corrected chi connectivity index (χ3v) is 3.50. The van der Waals surface area contributed by atoms with Crippen molar-refractivity contribution in [3.63, 3.8) is 0 Å². The Hall–Kier alpha value is -2.65. The first-order chi connectivity index (χ1) is 10.1. The molecule has 0 aliphatic carbocycles. The SMILES string of the molecule is CC(=O)c1ccc(OCC(=O)Nc2sccc2C#N)cc1. The molecule has 2 rings (SSSR count). The lowest BCUT2D eigenvalue weighted by atomic mass is 10.1. The zero-order valence-corrected chi connectivity index (χ0v) is 12.1. The number of ketones is 1. The molecule has 0 unspecified atom stereocenters. The fraction of sp³-hybridized carbons (Fsp3) is 0.133. The van der Waals surface area contributed by atoms with Gasteiger partial charge < -0.3 is 10.1 Å². The highest BCUT2D eigenvalue weighted by Gasteiger charge is 2.09. The molecule has 21 heavy (non-hydrogen) atoms. The van der Waals surface area contributed by atoms with E-state index in [9.17, 15) is 9.59 Å². The van der Waals surface area contributed by atoms with Gasteiger partial charge >= 0.3 is 0 Å². The number of amides is 1. The van der Waals surface area contributed by atoms with Crippen molar-refractivity contribution < 1.29 is 14.3 Å². The van der Waals surface area contributed by atoms with Gasteiger partial charge in [0.15, 0.2) is 12.4 Å². The van der Waals surface area contributed by atoms with E-state index < -0.39 is 0 Å². The van der Waals surface area contributed by atoms with Crippen LogP contribution in [0.1, 0.15) is 22.8 Å². The number of benzene rings is 1. The van der Waals surface area contributed by atoms with Crippen LogP contribution >= 0.6 is 11.3 Å². The van der Waals surface area contributed by atoms with E-state index in [0.29, 0.717) is 21.9 Å². The second kappa shape index (κ2) is 6.68. The normalized spacial score (nSPS) is 9.71. The quantitative estimate of drug-likeness (QED) is 0.861. The molecule has 1 aromatic heterocycles. The van der Waals surface area contributed by atoms with Crippen LogP contribution in [-0.2, 0) is 4.79 Å². The Balaban J connectivity index is 1.89. The van der Waals surface area contributed by atoms with E-state index in [4.69, 9.17) is 10.00 Å². The summed E-state index contributed by atoms with van der Waals surface area (Å²) in [7, 11) is 0. The van der Waals surface area contributed by atoms with E-state index in [1.165, 1.54) is 18.3 Å². The van der Waals surface area contributed by atoms with Gasteiger partial charge in [-0.2, -0.15) is 5.26 Å². The molecule has 106 valence electrons. The van der Waals surface area contributed by atoms with Crippen molar-refractivity contribution in [3.8, 4) is 11.8 Å². The number of nitriles is 1. The van der Waals surface area contributed by atoms with Gasteiger partial charge in [-0.25, -0.2) is 0 Å². The van der Waals surface area contributed by atoms with Crippen LogP contribution in [0.2, 0.25) is 0 Å². The van der Waals surface area contributed by atoms with Crippen LogP contribution in [0.15, 0.2) is 35.7 Å². The summed E-state index contributed by atoms with van der Waals surface area (Å²) in [5.74, 6) is 0.132. The number of hydrogen-bond donors (Lipinski definition) is 1. The lowest BCUT2D eigenvalue weighted by Crippen LogP contribution is -2.20. The number of Topliss-reactive ketones (excluding diaryl/α,β-unsaturated/α-hetero) is 1. The maximum absolute atomic E-state index is 11.7. The van der Waals surface area contributed by atoms with Crippen molar-refractivity contribution in [2.75, 3.05) is 11.9 Å². The molecule has 0 saturated heterocycles. The van der Waals surface area contributed by atoms with Crippen molar-refractivity contribution in [1.82, 2.24) is 0 Å². The van der Waals surface area contributed by atoms with Crippen LogP contribution in [0.4, 0.5) is 5.00 Å². The van der Waals surface area contributed by atoms with Gasteiger partial charge in [0.2, 0.25) is 0 Å². The highest BCUT2D eigenvalue weighted by Crippen LogP contribution is 2.22. The minimum atomic E-state index is -0.343. The van der Waals surface area contributed by atoms with Crippen LogP contribution in [0.25, 0.3) is 0 Å². The smallest absolute Gasteiger partial charge is 0.262 e. The molecule has 1 amide bonds. The fourth-order valence-corrected chi connectivity index (χ4v) is 2.35.